The lowest BCUT2D eigenvalue weighted by atomic mass is 10.1. The second kappa shape index (κ2) is 6.15. The van der Waals surface area contributed by atoms with Gasteiger partial charge in [0.25, 0.3) is 0 Å². The highest BCUT2D eigenvalue weighted by Gasteiger charge is 2.16. The van der Waals surface area contributed by atoms with Gasteiger partial charge >= 0.3 is 0 Å². The quantitative estimate of drug-likeness (QED) is 0.786. The Morgan fingerprint density at radius 1 is 1.50 bits per heavy atom. The molecule has 0 saturated carbocycles. The molecule has 0 radical (unpaired) electrons. The third-order valence-electron chi connectivity index (χ3n) is 2.05. The average Bonchev–Trinajstić information content (AvgIpc) is 2.22. The van der Waals surface area contributed by atoms with E-state index in [1.165, 1.54) is 6.92 Å². The number of carbonyl (C=O) groups is 1. The zero-order valence-corrected chi connectivity index (χ0v) is 10.9. The molecule has 0 amide bonds. The monoisotopic (exact) mass is 273 g/mol. The molecule has 0 bridgehead atoms. The number of Topliss-reactive ketones (excluding diaryl/α,β-unsaturated/α-hetero) is 1. The third-order valence-corrected chi connectivity index (χ3v) is 3.68. The number of ketones is 1. The average molecular weight is 274 g/mol. The van der Waals surface area contributed by atoms with Crippen LogP contribution in [0, 0.1) is 10.7 Å². The van der Waals surface area contributed by atoms with E-state index in [4.69, 9.17) is 28.5 Å². The molecule has 2 nitrogen and oxygen atoms in total. The van der Waals surface area contributed by atoms with E-state index in [0.29, 0.717) is 16.5 Å². The number of halogens is 2. The Bertz CT molecular complexity index is 442. The summed E-state index contributed by atoms with van der Waals surface area (Å²) in [6, 6.07) is 5.22. The van der Waals surface area contributed by atoms with E-state index in [1.54, 1.807) is 12.1 Å². The van der Waals surface area contributed by atoms with Gasteiger partial charge in [-0.2, -0.15) is 5.26 Å². The number of nitriles is 1. The molecule has 0 heterocycles. The first kappa shape index (κ1) is 13.4. The topological polar surface area (TPSA) is 40.9 Å². The molecule has 5 heteroatoms. The first-order valence-electron chi connectivity index (χ1n) is 4.53. The zero-order valence-electron chi connectivity index (χ0n) is 8.54. The van der Waals surface area contributed by atoms with E-state index >= 15 is 0 Å². The van der Waals surface area contributed by atoms with E-state index in [2.05, 4.69) is 0 Å². The maximum absolute atomic E-state index is 11.3. The summed E-state index contributed by atoms with van der Waals surface area (Å²) in [6.07, 6.45) is 0.491. The Kier molecular flexibility index (Phi) is 5.14. The number of hydrogen-bond acceptors (Lipinski definition) is 3. The molecule has 0 spiro atoms. The van der Waals surface area contributed by atoms with Crippen LogP contribution in [0.1, 0.15) is 12.5 Å². The fourth-order valence-corrected chi connectivity index (χ4v) is 2.10. The van der Waals surface area contributed by atoms with Crippen LogP contribution in [0.2, 0.25) is 10.0 Å². The lowest BCUT2D eigenvalue weighted by molar-refractivity contribution is -0.116. The second-order valence-electron chi connectivity index (χ2n) is 3.26. The molecule has 0 aliphatic carbocycles. The summed E-state index contributed by atoms with van der Waals surface area (Å²) in [5, 5.41) is 11.1. The lowest BCUT2D eigenvalue weighted by Gasteiger charge is -2.09. The van der Waals surface area contributed by atoms with Gasteiger partial charge < -0.3 is 0 Å². The largest absolute Gasteiger partial charge is 0.299 e. The number of thiocyanates is 1. The van der Waals surface area contributed by atoms with Gasteiger partial charge in [0.2, 0.25) is 0 Å². The van der Waals surface area contributed by atoms with E-state index in [1.807, 2.05) is 11.5 Å². The number of nitrogens with zero attached hydrogens (tertiary/aromatic N) is 1. The predicted molar refractivity (Wildman–Crippen MR) is 67.8 cm³/mol. The van der Waals surface area contributed by atoms with Gasteiger partial charge in [-0.3, -0.25) is 4.79 Å². The first-order chi connectivity index (χ1) is 7.54. The van der Waals surface area contributed by atoms with Gasteiger partial charge in [-0.25, -0.2) is 0 Å². The van der Waals surface area contributed by atoms with Crippen molar-refractivity contribution >= 4 is 40.7 Å². The van der Waals surface area contributed by atoms with E-state index < -0.39 is 0 Å². The van der Waals surface area contributed by atoms with Crippen LogP contribution in [0.15, 0.2) is 18.2 Å². The highest BCUT2D eigenvalue weighted by Crippen LogP contribution is 2.25. The number of hydrogen-bond donors (Lipinski definition) is 0. The van der Waals surface area contributed by atoms with Crippen molar-refractivity contribution in [2.75, 3.05) is 0 Å². The molecule has 0 aliphatic rings. The molecular formula is C11H9Cl2NOS. The van der Waals surface area contributed by atoms with Gasteiger partial charge in [0.05, 0.1) is 15.3 Å². The predicted octanol–water partition coefficient (Wildman–Crippen LogP) is 3.71. The fraction of sp³-hybridized carbons (Fsp3) is 0.273. The summed E-state index contributed by atoms with van der Waals surface area (Å²) < 4.78 is 0. The smallest absolute Gasteiger partial charge is 0.144 e. The molecule has 1 aromatic carbocycles. The minimum atomic E-state index is -0.345. The zero-order chi connectivity index (χ0) is 12.1. The molecule has 1 aromatic rings. The Morgan fingerprint density at radius 3 is 2.69 bits per heavy atom. The van der Waals surface area contributed by atoms with Crippen molar-refractivity contribution in [3.8, 4) is 5.40 Å². The summed E-state index contributed by atoms with van der Waals surface area (Å²) in [7, 11) is 0. The van der Waals surface area contributed by atoms with Crippen molar-refractivity contribution in [2.45, 2.75) is 18.6 Å². The van der Waals surface area contributed by atoms with Crippen LogP contribution >= 0.6 is 35.0 Å². The molecule has 0 saturated heterocycles. The SMILES string of the molecule is CC(=O)C(Cc1ccc(Cl)c(Cl)c1)SC#N. The molecule has 0 fully saturated rings. The Labute approximate surface area is 109 Å². The number of carbonyl (C=O) groups excluding carboxylic acids is 1. The molecule has 0 aliphatic heterocycles. The normalized spacial score (nSPS) is 11.9. The summed E-state index contributed by atoms with van der Waals surface area (Å²) in [6.45, 7) is 1.48. The molecule has 1 atom stereocenters. The minimum absolute atomic E-state index is 0.0161. The van der Waals surface area contributed by atoms with E-state index in [0.717, 1.165) is 17.3 Å². The van der Waals surface area contributed by atoms with Gasteiger partial charge in [0, 0.05) is 0 Å². The van der Waals surface area contributed by atoms with Crippen molar-refractivity contribution in [3.63, 3.8) is 0 Å². The Hall–Kier alpha value is -0.690. The van der Waals surface area contributed by atoms with Gasteiger partial charge in [-0.15, -0.1) is 0 Å². The fourth-order valence-electron chi connectivity index (χ4n) is 1.21. The summed E-state index contributed by atoms with van der Waals surface area (Å²) in [5.41, 5.74) is 0.900. The maximum atomic E-state index is 11.3. The van der Waals surface area contributed by atoms with Crippen LogP contribution in [-0.2, 0) is 11.2 Å². The molecule has 16 heavy (non-hydrogen) atoms. The molecule has 1 rings (SSSR count). The van der Waals surface area contributed by atoms with Crippen molar-refractivity contribution in [1.29, 1.82) is 5.26 Å². The molecule has 0 N–H and O–H groups in total. The maximum Gasteiger partial charge on any atom is 0.144 e. The van der Waals surface area contributed by atoms with E-state index in [9.17, 15) is 4.79 Å². The standard InChI is InChI=1S/C11H9Cl2NOS/c1-7(15)11(16-6-14)5-8-2-3-9(12)10(13)4-8/h2-4,11H,5H2,1H3. The van der Waals surface area contributed by atoms with Crippen LogP contribution in [0.25, 0.3) is 0 Å². The Morgan fingerprint density at radius 2 is 2.19 bits per heavy atom. The van der Waals surface area contributed by atoms with Crippen molar-refractivity contribution < 1.29 is 4.79 Å². The summed E-state index contributed by atoms with van der Waals surface area (Å²) in [4.78, 5) is 11.3. The first-order valence-corrected chi connectivity index (χ1v) is 6.17. The lowest BCUT2D eigenvalue weighted by Crippen LogP contribution is -2.15. The third kappa shape index (κ3) is 3.71. The van der Waals surface area contributed by atoms with Gasteiger partial charge in [0.15, 0.2) is 0 Å². The van der Waals surface area contributed by atoms with Crippen LogP contribution in [0.4, 0.5) is 0 Å². The van der Waals surface area contributed by atoms with Crippen LogP contribution in [-0.4, -0.2) is 11.0 Å². The molecule has 0 aromatic heterocycles. The van der Waals surface area contributed by atoms with Gasteiger partial charge in [0.1, 0.15) is 11.2 Å². The van der Waals surface area contributed by atoms with Crippen LogP contribution < -0.4 is 0 Å². The number of benzene rings is 1. The second-order valence-corrected chi connectivity index (χ2v) is 5.06. The number of rotatable bonds is 4. The summed E-state index contributed by atoms with van der Waals surface area (Å²) >= 11 is 12.6. The van der Waals surface area contributed by atoms with Gasteiger partial charge in [-0.1, -0.05) is 29.3 Å². The molecule has 1 unspecified atom stereocenters. The minimum Gasteiger partial charge on any atom is -0.299 e. The van der Waals surface area contributed by atoms with Crippen molar-refractivity contribution in [2.24, 2.45) is 0 Å². The number of thioether (sulfide) groups is 1. The van der Waals surface area contributed by atoms with Crippen molar-refractivity contribution in [1.82, 2.24) is 0 Å². The van der Waals surface area contributed by atoms with Crippen LogP contribution in [0.3, 0.4) is 0 Å². The van der Waals surface area contributed by atoms with E-state index in [-0.39, 0.29) is 11.0 Å². The Balaban J connectivity index is 2.82. The highest BCUT2D eigenvalue weighted by molar-refractivity contribution is 8.04. The molecule has 84 valence electrons. The van der Waals surface area contributed by atoms with Crippen molar-refractivity contribution in [3.05, 3.63) is 33.8 Å². The highest BCUT2D eigenvalue weighted by atomic mass is 35.5. The summed E-state index contributed by atoms with van der Waals surface area (Å²) in [5.74, 6) is -0.0161. The van der Waals surface area contributed by atoms with Gasteiger partial charge in [-0.05, 0) is 42.8 Å². The molecular weight excluding hydrogens is 265 g/mol. The van der Waals surface area contributed by atoms with Crippen LogP contribution in [0.5, 0.6) is 0 Å².